The van der Waals surface area contributed by atoms with Gasteiger partial charge in [0.2, 0.25) is 0 Å². The molecule has 0 fully saturated rings. The maximum atomic E-state index is 12.2. The molecule has 1 amide bonds. The summed E-state index contributed by atoms with van der Waals surface area (Å²) in [5.41, 5.74) is 8.11. The number of carbonyl (C=O) groups is 2. The first kappa shape index (κ1) is 15.6. The molecule has 2 rings (SSSR count). The Labute approximate surface area is 128 Å². The number of carbonyl (C=O) groups excluding carboxylic acids is 2. The van der Waals surface area contributed by atoms with Crippen molar-refractivity contribution in [2.24, 2.45) is 0 Å². The number of nitrogens with one attached hydrogen (secondary N) is 3. The van der Waals surface area contributed by atoms with Crippen molar-refractivity contribution in [2.75, 3.05) is 12.0 Å². The zero-order valence-electron chi connectivity index (χ0n) is 12.8. The third-order valence-corrected chi connectivity index (χ3v) is 3.24. The second kappa shape index (κ2) is 6.80. The van der Waals surface area contributed by atoms with Gasteiger partial charge < -0.3 is 9.72 Å². The van der Waals surface area contributed by atoms with Crippen LogP contribution in [0.15, 0.2) is 30.3 Å². The number of benzene rings is 1. The second-order valence-electron chi connectivity index (χ2n) is 4.79. The summed E-state index contributed by atoms with van der Waals surface area (Å²) in [5.74, 6) is -0.774. The molecule has 2 aromatic rings. The quantitative estimate of drug-likeness (QED) is 0.585. The van der Waals surface area contributed by atoms with Gasteiger partial charge in [0.25, 0.3) is 5.91 Å². The number of hydrogen-bond donors (Lipinski definition) is 3. The zero-order valence-corrected chi connectivity index (χ0v) is 12.8. The second-order valence-corrected chi connectivity index (χ2v) is 4.79. The molecule has 116 valence electrons. The van der Waals surface area contributed by atoms with Crippen LogP contribution in [0.4, 0.5) is 5.69 Å². The number of amides is 1. The van der Waals surface area contributed by atoms with E-state index in [1.54, 1.807) is 20.8 Å². The fourth-order valence-corrected chi connectivity index (χ4v) is 2.20. The van der Waals surface area contributed by atoms with Crippen LogP contribution in [0.3, 0.4) is 0 Å². The van der Waals surface area contributed by atoms with Gasteiger partial charge in [-0.3, -0.25) is 15.6 Å². The molecule has 0 aliphatic rings. The molecule has 0 saturated carbocycles. The zero-order chi connectivity index (χ0) is 16.1. The molecule has 0 aliphatic heterocycles. The Morgan fingerprint density at radius 2 is 1.86 bits per heavy atom. The fraction of sp³-hybridized carbons (Fsp3) is 0.250. The van der Waals surface area contributed by atoms with Gasteiger partial charge in [-0.15, -0.1) is 0 Å². The third-order valence-electron chi connectivity index (χ3n) is 3.24. The van der Waals surface area contributed by atoms with Crippen molar-refractivity contribution in [1.29, 1.82) is 0 Å². The Balaban J connectivity index is 2.13. The van der Waals surface area contributed by atoms with Gasteiger partial charge in [-0.1, -0.05) is 18.2 Å². The number of hydrazine groups is 1. The maximum Gasteiger partial charge on any atom is 0.340 e. The number of aryl methyl sites for hydroxylation is 1. The molecule has 0 aliphatic carbocycles. The van der Waals surface area contributed by atoms with Gasteiger partial charge in [0.05, 0.1) is 17.9 Å². The Hall–Kier alpha value is -2.76. The average Bonchev–Trinajstić information content (AvgIpc) is 2.81. The van der Waals surface area contributed by atoms with E-state index in [0.29, 0.717) is 29.1 Å². The lowest BCUT2D eigenvalue weighted by Crippen LogP contribution is -2.30. The molecule has 0 radical (unpaired) electrons. The van der Waals surface area contributed by atoms with Crippen LogP contribution in [-0.4, -0.2) is 23.5 Å². The molecule has 3 N–H and O–H groups in total. The van der Waals surface area contributed by atoms with Crippen LogP contribution in [0, 0.1) is 13.8 Å². The van der Waals surface area contributed by atoms with E-state index < -0.39 is 5.97 Å². The number of rotatable bonds is 5. The van der Waals surface area contributed by atoms with Gasteiger partial charge in [0.1, 0.15) is 5.69 Å². The highest BCUT2D eigenvalue weighted by Gasteiger charge is 2.22. The van der Waals surface area contributed by atoms with Gasteiger partial charge in [0, 0.05) is 5.69 Å². The largest absolute Gasteiger partial charge is 0.462 e. The Morgan fingerprint density at radius 1 is 1.18 bits per heavy atom. The first-order valence-electron chi connectivity index (χ1n) is 7.02. The van der Waals surface area contributed by atoms with Crippen molar-refractivity contribution in [2.45, 2.75) is 20.8 Å². The molecule has 0 bridgehead atoms. The molecule has 22 heavy (non-hydrogen) atoms. The number of hydrogen-bond acceptors (Lipinski definition) is 4. The Kier molecular flexibility index (Phi) is 4.83. The van der Waals surface area contributed by atoms with E-state index in [9.17, 15) is 9.59 Å². The first-order chi connectivity index (χ1) is 10.5. The van der Waals surface area contributed by atoms with Crippen LogP contribution >= 0.6 is 0 Å². The van der Waals surface area contributed by atoms with Gasteiger partial charge in [0.15, 0.2) is 0 Å². The SMILES string of the molecule is CCOC(=O)c1c(C)[nH]c(C(=O)NNc2ccccc2)c1C. The maximum absolute atomic E-state index is 12.2. The van der Waals surface area contributed by atoms with E-state index in [0.717, 1.165) is 5.69 Å². The third kappa shape index (κ3) is 3.28. The predicted molar refractivity (Wildman–Crippen MR) is 83.8 cm³/mol. The minimum atomic E-state index is -0.427. The standard InChI is InChI=1S/C16H19N3O3/c1-4-22-16(21)13-10(2)14(17-11(13)3)15(20)19-18-12-8-6-5-7-9-12/h5-9,17-18H,4H2,1-3H3,(H,19,20). The molecule has 1 heterocycles. The minimum absolute atomic E-state index is 0.292. The highest BCUT2D eigenvalue weighted by molar-refractivity contribution is 6.00. The molecule has 6 heteroatoms. The Morgan fingerprint density at radius 3 is 2.50 bits per heavy atom. The molecule has 0 saturated heterocycles. The first-order valence-corrected chi connectivity index (χ1v) is 7.02. The van der Waals surface area contributed by atoms with Gasteiger partial charge >= 0.3 is 5.97 Å². The minimum Gasteiger partial charge on any atom is -0.462 e. The van der Waals surface area contributed by atoms with Crippen molar-refractivity contribution >= 4 is 17.6 Å². The fourth-order valence-electron chi connectivity index (χ4n) is 2.20. The summed E-state index contributed by atoms with van der Waals surface area (Å²) >= 11 is 0. The van der Waals surface area contributed by atoms with E-state index in [4.69, 9.17) is 4.74 Å². The van der Waals surface area contributed by atoms with Crippen LogP contribution in [0.2, 0.25) is 0 Å². The topological polar surface area (TPSA) is 83.2 Å². The van der Waals surface area contributed by atoms with Crippen molar-refractivity contribution in [3.05, 3.63) is 52.8 Å². The van der Waals surface area contributed by atoms with E-state index in [2.05, 4.69) is 15.8 Å². The average molecular weight is 301 g/mol. The number of aromatic amines is 1. The van der Waals surface area contributed by atoms with Gasteiger partial charge in [-0.05, 0) is 38.5 Å². The highest BCUT2D eigenvalue weighted by Crippen LogP contribution is 2.19. The molecule has 0 atom stereocenters. The van der Waals surface area contributed by atoms with Crippen LogP contribution in [-0.2, 0) is 4.74 Å². The summed E-state index contributed by atoms with van der Waals surface area (Å²) in [6.07, 6.45) is 0. The number of esters is 1. The van der Waals surface area contributed by atoms with Crippen molar-refractivity contribution in [1.82, 2.24) is 10.4 Å². The number of aromatic nitrogens is 1. The summed E-state index contributed by atoms with van der Waals surface area (Å²) in [6, 6.07) is 9.26. The van der Waals surface area contributed by atoms with Gasteiger partial charge in [-0.25, -0.2) is 4.79 Å². The molecule has 1 aromatic heterocycles. The Bertz CT molecular complexity index is 677. The van der Waals surface area contributed by atoms with Gasteiger partial charge in [-0.2, -0.15) is 0 Å². The van der Waals surface area contributed by atoms with Crippen molar-refractivity contribution in [3.63, 3.8) is 0 Å². The molecule has 0 unspecified atom stereocenters. The summed E-state index contributed by atoms with van der Waals surface area (Å²) in [7, 11) is 0. The van der Waals surface area contributed by atoms with Crippen LogP contribution in [0.1, 0.15) is 39.0 Å². The summed E-state index contributed by atoms with van der Waals surface area (Å²) in [5, 5.41) is 0. The van der Waals surface area contributed by atoms with Crippen LogP contribution in [0.5, 0.6) is 0 Å². The van der Waals surface area contributed by atoms with Crippen LogP contribution < -0.4 is 10.9 Å². The highest BCUT2D eigenvalue weighted by atomic mass is 16.5. The molecule has 0 spiro atoms. The lowest BCUT2D eigenvalue weighted by Gasteiger charge is -2.08. The lowest BCUT2D eigenvalue weighted by molar-refractivity contribution is 0.0525. The smallest absolute Gasteiger partial charge is 0.340 e. The van der Waals surface area contributed by atoms with E-state index in [1.807, 2.05) is 30.3 Å². The van der Waals surface area contributed by atoms with Crippen LogP contribution in [0.25, 0.3) is 0 Å². The summed E-state index contributed by atoms with van der Waals surface area (Å²) < 4.78 is 5.01. The normalized spacial score (nSPS) is 10.1. The van der Waals surface area contributed by atoms with E-state index in [-0.39, 0.29) is 5.91 Å². The van der Waals surface area contributed by atoms with Crippen molar-refractivity contribution < 1.29 is 14.3 Å². The van der Waals surface area contributed by atoms with Crippen molar-refractivity contribution in [3.8, 4) is 0 Å². The predicted octanol–water partition coefficient (Wildman–Crippen LogP) is 2.57. The van der Waals surface area contributed by atoms with E-state index in [1.165, 1.54) is 0 Å². The number of anilines is 1. The molecule has 1 aromatic carbocycles. The summed E-state index contributed by atoms with van der Waals surface area (Å²) in [4.78, 5) is 27.1. The lowest BCUT2D eigenvalue weighted by atomic mass is 10.1. The number of para-hydroxylation sites is 1. The monoisotopic (exact) mass is 301 g/mol. The molecular weight excluding hydrogens is 282 g/mol. The summed E-state index contributed by atoms with van der Waals surface area (Å²) in [6.45, 7) is 5.49. The molecule has 6 nitrogen and oxygen atoms in total. The number of ether oxygens (including phenoxy) is 1. The van der Waals surface area contributed by atoms with E-state index >= 15 is 0 Å². The number of H-pyrrole nitrogens is 1. The molecular formula is C16H19N3O3.